The van der Waals surface area contributed by atoms with Gasteiger partial charge in [0.2, 0.25) is 0 Å². The lowest BCUT2D eigenvalue weighted by Crippen LogP contribution is -2.45. The molecule has 0 aromatic heterocycles. The SMILES string of the molecule is CCC(=O)[C@@H]1C2CCC(C[C@@H]1c1ccc(C)cc1)CN2C. The first-order chi connectivity index (χ1) is 10.1. The van der Waals surface area contributed by atoms with Crippen molar-refractivity contribution < 1.29 is 4.79 Å². The number of carbonyl (C=O) groups is 1. The number of fused-ring (bicyclic) bond motifs is 4. The zero-order chi connectivity index (χ0) is 15.0. The Hall–Kier alpha value is -1.15. The Kier molecular flexibility index (Phi) is 4.17. The molecule has 1 saturated carbocycles. The molecule has 1 aromatic carbocycles. The summed E-state index contributed by atoms with van der Waals surface area (Å²) < 4.78 is 0. The number of carbonyl (C=O) groups excluding carboxylic acids is 1. The second-order valence-electron chi connectivity index (χ2n) is 7.05. The third-order valence-corrected chi connectivity index (χ3v) is 5.64. The molecule has 0 amide bonds. The maximum atomic E-state index is 12.7. The lowest BCUT2D eigenvalue weighted by atomic mass is 9.77. The van der Waals surface area contributed by atoms with Gasteiger partial charge in [-0.3, -0.25) is 4.79 Å². The summed E-state index contributed by atoms with van der Waals surface area (Å²) >= 11 is 0. The van der Waals surface area contributed by atoms with Crippen molar-refractivity contribution in [2.24, 2.45) is 11.8 Å². The van der Waals surface area contributed by atoms with E-state index in [-0.39, 0.29) is 5.92 Å². The van der Waals surface area contributed by atoms with Gasteiger partial charge >= 0.3 is 0 Å². The fourth-order valence-corrected chi connectivity index (χ4v) is 4.51. The van der Waals surface area contributed by atoms with Crippen molar-refractivity contribution in [1.82, 2.24) is 4.90 Å². The molecule has 1 aromatic rings. The van der Waals surface area contributed by atoms with E-state index >= 15 is 0 Å². The molecule has 2 saturated heterocycles. The zero-order valence-electron chi connectivity index (χ0n) is 13.5. The van der Waals surface area contributed by atoms with Crippen molar-refractivity contribution in [1.29, 1.82) is 0 Å². The Morgan fingerprint density at radius 1 is 1.24 bits per heavy atom. The second-order valence-corrected chi connectivity index (χ2v) is 7.05. The first-order valence-electron chi connectivity index (χ1n) is 8.39. The van der Waals surface area contributed by atoms with Gasteiger partial charge in [-0.15, -0.1) is 0 Å². The molecule has 114 valence electrons. The summed E-state index contributed by atoms with van der Waals surface area (Å²) in [4.78, 5) is 15.1. The first kappa shape index (κ1) is 14.8. The third-order valence-electron chi connectivity index (χ3n) is 5.64. The van der Waals surface area contributed by atoms with Crippen molar-refractivity contribution in [3.8, 4) is 0 Å². The van der Waals surface area contributed by atoms with Crippen LogP contribution < -0.4 is 0 Å². The Morgan fingerprint density at radius 3 is 2.57 bits per heavy atom. The van der Waals surface area contributed by atoms with Crippen LogP contribution in [-0.4, -0.2) is 30.3 Å². The van der Waals surface area contributed by atoms with Crippen LogP contribution in [0.4, 0.5) is 0 Å². The molecule has 2 unspecified atom stereocenters. The molecule has 1 aliphatic carbocycles. The highest BCUT2D eigenvalue weighted by Gasteiger charge is 2.44. The fourth-order valence-electron chi connectivity index (χ4n) is 4.51. The maximum absolute atomic E-state index is 12.7. The van der Waals surface area contributed by atoms with Crippen LogP contribution in [-0.2, 0) is 4.79 Å². The number of Topliss-reactive ketones (excluding diaryl/α,β-unsaturated/α-hetero) is 1. The van der Waals surface area contributed by atoms with Crippen molar-refractivity contribution in [2.75, 3.05) is 13.6 Å². The van der Waals surface area contributed by atoms with Gasteiger partial charge in [-0.05, 0) is 50.6 Å². The topological polar surface area (TPSA) is 20.3 Å². The molecule has 0 spiro atoms. The largest absolute Gasteiger partial charge is 0.302 e. The second kappa shape index (κ2) is 5.92. The van der Waals surface area contributed by atoms with Crippen LogP contribution >= 0.6 is 0 Å². The van der Waals surface area contributed by atoms with Crippen LogP contribution in [0.5, 0.6) is 0 Å². The molecule has 0 N–H and O–H groups in total. The van der Waals surface area contributed by atoms with Crippen LogP contribution in [0.3, 0.4) is 0 Å². The van der Waals surface area contributed by atoms with E-state index in [0.717, 1.165) is 5.92 Å². The van der Waals surface area contributed by atoms with Crippen molar-refractivity contribution in [2.45, 2.75) is 51.5 Å². The summed E-state index contributed by atoms with van der Waals surface area (Å²) in [6.07, 6.45) is 4.34. The van der Waals surface area contributed by atoms with E-state index in [4.69, 9.17) is 0 Å². The van der Waals surface area contributed by atoms with Crippen LogP contribution in [0.1, 0.15) is 49.7 Å². The number of piperidine rings is 1. The molecule has 3 fully saturated rings. The molecule has 0 radical (unpaired) electrons. The number of hydrogen-bond acceptors (Lipinski definition) is 2. The molecule has 2 bridgehead atoms. The van der Waals surface area contributed by atoms with E-state index in [0.29, 0.717) is 24.2 Å². The molecular weight excluding hydrogens is 258 g/mol. The van der Waals surface area contributed by atoms with E-state index in [1.807, 2.05) is 6.92 Å². The highest BCUT2D eigenvalue weighted by Crippen LogP contribution is 2.45. The van der Waals surface area contributed by atoms with Crippen LogP contribution in [0.25, 0.3) is 0 Å². The number of nitrogens with zero attached hydrogens (tertiary/aromatic N) is 1. The molecule has 2 heteroatoms. The molecule has 4 atom stereocenters. The number of aryl methyl sites for hydroxylation is 1. The van der Waals surface area contributed by atoms with Gasteiger partial charge in [-0.1, -0.05) is 36.8 Å². The maximum Gasteiger partial charge on any atom is 0.137 e. The van der Waals surface area contributed by atoms with E-state index in [9.17, 15) is 4.79 Å². The standard InChI is InChI=1S/C19H27NO/c1-4-18(21)19-16(15-8-5-13(2)6-9-15)11-14-7-10-17(19)20(3)12-14/h5-6,8-9,14,16-17,19H,4,7,10-12H2,1-3H3/t14?,16-,17?,19+/m1/s1. The molecule has 3 aliphatic rings. The minimum absolute atomic E-state index is 0.190. The van der Waals surface area contributed by atoms with Crippen molar-refractivity contribution >= 4 is 5.78 Å². The monoisotopic (exact) mass is 285 g/mol. The molecule has 2 heterocycles. The van der Waals surface area contributed by atoms with Gasteiger partial charge in [0.25, 0.3) is 0 Å². The summed E-state index contributed by atoms with van der Waals surface area (Å²) in [6.45, 7) is 5.31. The minimum Gasteiger partial charge on any atom is -0.302 e. The quantitative estimate of drug-likeness (QED) is 0.842. The Labute approximate surface area is 128 Å². The predicted octanol–water partition coefficient (Wildman–Crippen LogP) is 3.79. The van der Waals surface area contributed by atoms with Gasteiger partial charge in [-0.25, -0.2) is 0 Å². The van der Waals surface area contributed by atoms with E-state index in [1.54, 1.807) is 0 Å². The van der Waals surface area contributed by atoms with Crippen LogP contribution in [0.2, 0.25) is 0 Å². The Bertz CT molecular complexity index is 507. The summed E-state index contributed by atoms with van der Waals surface area (Å²) in [5, 5.41) is 0. The molecule has 4 rings (SSSR count). The van der Waals surface area contributed by atoms with E-state index in [2.05, 4.69) is 43.1 Å². The molecule has 21 heavy (non-hydrogen) atoms. The molecule has 2 nitrogen and oxygen atoms in total. The summed E-state index contributed by atoms with van der Waals surface area (Å²) in [5.41, 5.74) is 2.67. The number of hydrogen-bond donors (Lipinski definition) is 0. The fraction of sp³-hybridized carbons (Fsp3) is 0.632. The number of ketones is 1. The minimum atomic E-state index is 0.190. The van der Waals surface area contributed by atoms with Gasteiger partial charge in [0.1, 0.15) is 5.78 Å². The lowest BCUT2D eigenvalue weighted by molar-refractivity contribution is -0.125. The predicted molar refractivity (Wildman–Crippen MR) is 86.5 cm³/mol. The smallest absolute Gasteiger partial charge is 0.137 e. The Morgan fingerprint density at radius 2 is 1.95 bits per heavy atom. The van der Waals surface area contributed by atoms with E-state index in [1.165, 1.54) is 36.9 Å². The molecule has 2 aliphatic heterocycles. The van der Waals surface area contributed by atoms with Gasteiger partial charge in [0.15, 0.2) is 0 Å². The normalized spacial score (nSPS) is 32.9. The summed E-state index contributed by atoms with van der Waals surface area (Å²) in [6, 6.07) is 9.34. The summed E-state index contributed by atoms with van der Waals surface area (Å²) in [5.74, 6) is 1.82. The zero-order valence-corrected chi connectivity index (χ0v) is 13.5. The van der Waals surface area contributed by atoms with Gasteiger partial charge in [0.05, 0.1) is 0 Å². The lowest BCUT2D eigenvalue weighted by Gasteiger charge is -2.37. The summed E-state index contributed by atoms with van der Waals surface area (Å²) in [7, 11) is 2.21. The highest BCUT2D eigenvalue weighted by molar-refractivity contribution is 5.82. The number of benzene rings is 1. The van der Waals surface area contributed by atoms with Crippen LogP contribution in [0, 0.1) is 18.8 Å². The average molecular weight is 285 g/mol. The van der Waals surface area contributed by atoms with Crippen molar-refractivity contribution in [3.05, 3.63) is 35.4 Å². The van der Waals surface area contributed by atoms with Gasteiger partial charge < -0.3 is 4.90 Å². The van der Waals surface area contributed by atoms with E-state index < -0.39 is 0 Å². The van der Waals surface area contributed by atoms with Crippen molar-refractivity contribution in [3.63, 3.8) is 0 Å². The van der Waals surface area contributed by atoms with Gasteiger partial charge in [0, 0.05) is 24.9 Å². The Balaban J connectivity index is 1.99. The number of rotatable bonds is 3. The van der Waals surface area contributed by atoms with Crippen LogP contribution in [0.15, 0.2) is 24.3 Å². The first-order valence-corrected chi connectivity index (χ1v) is 8.39. The third kappa shape index (κ3) is 2.78. The van der Waals surface area contributed by atoms with Gasteiger partial charge in [-0.2, -0.15) is 0 Å². The highest BCUT2D eigenvalue weighted by atomic mass is 16.1. The average Bonchev–Trinajstić information content (AvgIpc) is 2.74. The molecular formula is C19H27NO.